The quantitative estimate of drug-likeness (QED) is 0.00350. The Morgan fingerprint density at radius 1 is 0.464 bits per heavy atom. The summed E-state index contributed by atoms with van der Waals surface area (Å²) in [6.07, 6.45) is 0. The normalized spacial score (nSPS) is 11.5. The zero-order valence-corrected chi connectivity index (χ0v) is 68.3. The summed E-state index contributed by atoms with van der Waals surface area (Å²) in [5.41, 5.74) is 9.00. The number of nitrogens with one attached hydrogen (secondary N) is 5. The Morgan fingerprint density at radius 3 is 1.44 bits per heavy atom. The first kappa shape index (κ1) is 92.5. The first-order valence-corrected chi connectivity index (χ1v) is 32.6. The fourth-order valence-electron chi connectivity index (χ4n) is 7.12. The standard InChI is InChI=1S/C44H38ClN17O21S7.CH4.6Na/c45-39-53-40(48-22-7-11-28(12-8-22)86(65,66)16-15-79-90(76,77)78)55-41(54-39)51-26-10-14-34(88(70,71)72)31(20-26)60-61-32-21-35(89(73,74)75)37(47)38(36(32)46)62-59-30-19-25(9-13-33(30)85-83-81-64)52-44-57-42(49-23-3-1-5-27(17-23)84-82-80-63)56-43(58-44)50-24-4-2-6-29(18-24)87(67,68)69;;;;;;;/h1-14,17-21,63-64H,15-16,46-47H2,(H,67,68,69)(H,70,71,72)(H,73,74,75)(H,76,77,78)(H2,48,51,53,54,55)(H3,49,50,52,56,57,58);1H4;;;;;;/q;;6*+1/p-6. The molecule has 52 heteroatoms. The first-order chi connectivity index (χ1) is 42.4. The van der Waals surface area contributed by atoms with Gasteiger partial charge in [-0.3, -0.25) is 14.3 Å². The third-order valence-electron chi connectivity index (χ3n) is 10.9. The minimum atomic E-state index is -5.56. The smallest absolute Gasteiger partial charge is 0.744 e. The van der Waals surface area contributed by atoms with Gasteiger partial charge in [0.2, 0.25) is 45.4 Å². The number of nitrogens with two attached hydrogens (primary N) is 2. The molecule has 9 N–H and O–H groups in total. The molecule has 0 saturated heterocycles. The van der Waals surface area contributed by atoms with Crippen molar-refractivity contribution in [1.82, 2.24) is 29.9 Å². The van der Waals surface area contributed by atoms with Crippen molar-refractivity contribution in [2.24, 2.45) is 20.5 Å². The van der Waals surface area contributed by atoms with Gasteiger partial charge >= 0.3 is 177 Å². The van der Waals surface area contributed by atoms with Crippen LogP contribution in [0.1, 0.15) is 7.43 Å². The fraction of sp³-hybridized carbons (Fsp3) is 0.0667. The van der Waals surface area contributed by atoms with E-state index >= 15 is 0 Å². The van der Waals surface area contributed by atoms with Gasteiger partial charge in [0.15, 0.2) is 9.84 Å². The summed E-state index contributed by atoms with van der Waals surface area (Å²) in [4.78, 5) is 22.3. The summed E-state index contributed by atoms with van der Waals surface area (Å²) in [7, 11) is -25.1. The van der Waals surface area contributed by atoms with Crippen LogP contribution in [-0.4, -0.2) is 103 Å². The largest absolute Gasteiger partial charge is 1.00 e. The molecule has 0 amide bonds. The van der Waals surface area contributed by atoms with E-state index in [1.165, 1.54) is 48.5 Å². The maximum Gasteiger partial charge on any atom is 1.00 e. The summed E-state index contributed by atoms with van der Waals surface area (Å²) in [5, 5.41) is 57.6. The summed E-state index contributed by atoms with van der Waals surface area (Å²) in [6, 6.07) is 22.9. The van der Waals surface area contributed by atoms with E-state index in [0.29, 0.717) is 28.7 Å². The number of halogens is 1. The predicted molar refractivity (Wildman–Crippen MR) is 311 cm³/mol. The van der Waals surface area contributed by atoms with Crippen molar-refractivity contribution in [3.63, 3.8) is 0 Å². The van der Waals surface area contributed by atoms with Crippen LogP contribution in [0.15, 0.2) is 165 Å². The van der Waals surface area contributed by atoms with Gasteiger partial charge < -0.3 is 66.8 Å². The van der Waals surface area contributed by atoms with Crippen molar-refractivity contribution in [2.75, 3.05) is 50.4 Å². The van der Waals surface area contributed by atoms with Gasteiger partial charge in [-0.05, 0) is 115 Å². The zero-order chi connectivity index (χ0) is 65.2. The monoisotopic (exact) mass is 1550 g/mol. The Hall–Kier alpha value is -2.56. The molecule has 6 aromatic carbocycles. The average molecular weight is 1550 g/mol. The van der Waals surface area contributed by atoms with Gasteiger partial charge in [-0.25, -0.2) is 42.1 Å². The minimum Gasteiger partial charge on any atom is -0.744 e. The molecule has 0 atom stereocenters. The fourth-order valence-corrected chi connectivity index (χ4v) is 11.3. The van der Waals surface area contributed by atoms with Crippen LogP contribution in [0.4, 0.5) is 92.3 Å². The summed E-state index contributed by atoms with van der Waals surface area (Å²) < 4.78 is 181. The number of nitrogens with zero attached hydrogens (tertiary/aromatic N) is 10. The molecular formula is C45H36ClN17Na6O21S7. The molecule has 0 fully saturated rings. The van der Waals surface area contributed by atoms with Gasteiger partial charge in [-0.15, -0.1) is 20.5 Å². The second kappa shape index (κ2) is 41.1. The molecule has 0 saturated carbocycles. The number of rotatable bonds is 28. The van der Waals surface area contributed by atoms with Crippen LogP contribution in [0.2, 0.25) is 5.28 Å². The molecule has 2 heterocycles. The molecular weight excluding hydrogens is 1510 g/mol. The number of hydrogen-bond acceptors (Lipinski definition) is 40. The molecule has 8 aromatic rings. The van der Waals surface area contributed by atoms with Crippen LogP contribution in [0, 0.1) is 0 Å². The Balaban J connectivity index is 0.00000672. The van der Waals surface area contributed by atoms with E-state index in [0.717, 1.165) is 42.5 Å². The second-order valence-electron chi connectivity index (χ2n) is 16.9. The van der Waals surface area contributed by atoms with Crippen molar-refractivity contribution < 1.29 is 271 Å². The van der Waals surface area contributed by atoms with E-state index < -0.39 is 111 Å². The molecule has 0 radical (unpaired) electrons. The van der Waals surface area contributed by atoms with Gasteiger partial charge in [-0.1, -0.05) is 19.6 Å². The van der Waals surface area contributed by atoms with Crippen molar-refractivity contribution in [1.29, 1.82) is 0 Å². The van der Waals surface area contributed by atoms with Crippen LogP contribution < -0.4 is 226 Å². The van der Waals surface area contributed by atoms with E-state index in [-0.39, 0.29) is 265 Å². The predicted octanol–water partition coefficient (Wildman–Crippen LogP) is -12.5. The Bertz CT molecular complexity index is 4720. The van der Waals surface area contributed by atoms with E-state index in [9.17, 15) is 70.8 Å². The molecule has 0 bridgehead atoms. The number of azo groups is 2. The SMILES string of the molecule is C.Nc1c(N=Nc2cc(Nc3nc(Cl)nc(Nc4ccc(S(=O)(=O)CCOS(=O)(=O)[O-])cc4)n3)ccc2S(=O)(=O)[O-])cc(S(=O)(=O)[O-])c(N)c1N=Nc1cc(Nc2nc(Nc3cccc(SOO[O-])c3)nc(Nc3cccc(S(=O)(=O)[O-])c3)n2)ccc1SOO[O-].[Na+].[Na+].[Na+].[Na+].[Na+].[Na+]. The second-order valence-corrected chi connectivity index (χ2v) is 26.0. The van der Waals surface area contributed by atoms with Crippen molar-refractivity contribution >= 4 is 179 Å². The van der Waals surface area contributed by atoms with Crippen molar-refractivity contribution in [3.8, 4) is 0 Å². The van der Waals surface area contributed by atoms with E-state index in [4.69, 9.17) is 23.1 Å². The van der Waals surface area contributed by atoms with Gasteiger partial charge in [0, 0.05) is 33.3 Å². The molecule has 2 aromatic heterocycles. The van der Waals surface area contributed by atoms with E-state index in [1.807, 2.05) is 0 Å². The summed E-state index contributed by atoms with van der Waals surface area (Å²) in [5.74, 6) is -2.11. The van der Waals surface area contributed by atoms with E-state index in [2.05, 4.69) is 99.9 Å². The number of sulfone groups is 1. The maximum absolute atomic E-state index is 12.6. The summed E-state index contributed by atoms with van der Waals surface area (Å²) in [6.45, 7) is -0.932. The Kier molecular flexibility index (Phi) is 39.1. The molecule has 38 nitrogen and oxygen atoms in total. The third-order valence-corrected chi connectivity index (χ3v) is 17.0. The molecule has 0 spiro atoms. The molecule has 97 heavy (non-hydrogen) atoms. The number of hydrogen-bond donors (Lipinski definition) is 7. The van der Waals surface area contributed by atoms with E-state index in [1.54, 1.807) is 18.2 Å². The molecule has 482 valence electrons. The van der Waals surface area contributed by atoms with Crippen LogP contribution in [0.5, 0.6) is 0 Å². The van der Waals surface area contributed by atoms with Gasteiger partial charge in [-0.2, -0.15) is 38.6 Å². The van der Waals surface area contributed by atoms with Gasteiger partial charge in [0.05, 0.1) is 72.3 Å². The molecule has 0 aliphatic carbocycles. The molecule has 0 aliphatic rings. The average Bonchev–Trinajstić information content (AvgIpc) is 0.789. The summed E-state index contributed by atoms with van der Waals surface area (Å²) >= 11 is 7.01. The first-order valence-electron chi connectivity index (χ1n) is 23.6. The van der Waals surface area contributed by atoms with Crippen molar-refractivity contribution in [3.05, 3.63) is 121 Å². The number of benzene rings is 6. The van der Waals surface area contributed by atoms with Crippen LogP contribution in [0.3, 0.4) is 0 Å². The minimum absolute atomic E-state index is 0. The van der Waals surface area contributed by atoms with Crippen molar-refractivity contribution in [2.45, 2.75) is 36.8 Å². The van der Waals surface area contributed by atoms with Gasteiger partial charge in [0.25, 0.3) is 0 Å². The van der Waals surface area contributed by atoms with Crippen LogP contribution in [0.25, 0.3) is 0 Å². The Morgan fingerprint density at radius 2 is 0.918 bits per heavy atom. The van der Waals surface area contributed by atoms with Crippen LogP contribution >= 0.6 is 35.7 Å². The zero-order valence-electron chi connectivity index (χ0n) is 49.8. The number of aromatic nitrogens is 6. The van der Waals surface area contributed by atoms with Crippen LogP contribution in [-0.2, 0) is 73.5 Å². The maximum atomic E-state index is 12.6. The Labute approximate surface area is 697 Å². The third kappa shape index (κ3) is 27.9. The number of anilines is 12. The molecule has 8 rings (SSSR count). The number of nitrogen functional groups attached to an aromatic ring is 2. The molecule has 0 aliphatic heterocycles. The topological polar surface area (TPSA) is 594 Å². The van der Waals surface area contributed by atoms with Gasteiger partial charge in [0.1, 0.15) is 53.1 Å². The molecule has 0 unspecified atom stereocenters.